The highest BCUT2D eigenvalue weighted by atomic mass is 16.5. The summed E-state index contributed by atoms with van der Waals surface area (Å²) in [6.07, 6.45) is 6.02. The third-order valence-electron chi connectivity index (χ3n) is 6.13. The Kier molecular flexibility index (Phi) is 6.95. The fraction of sp³-hybridized carbons (Fsp3) is 0.385. The molecule has 1 amide bonds. The van der Waals surface area contributed by atoms with Gasteiger partial charge in [0.2, 0.25) is 0 Å². The molecule has 0 unspecified atom stereocenters. The number of aromatic nitrogens is 3. The summed E-state index contributed by atoms with van der Waals surface area (Å²) in [6, 6.07) is 11.5. The van der Waals surface area contributed by atoms with Gasteiger partial charge in [-0.2, -0.15) is 0 Å². The Hall–Kier alpha value is -3.68. The molecule has 3 aromatic rings. The molecule has 2 heterocycles. The van der Waals surface area contributed by atoms with Crippen LogP contribution in [0.15, 0.2) is 48.9 Å². The predicted octanol–water partition coefficient (Wildman–Crippen LogP) is 4.12. The van der Waals surface area contributed by atoms with E-state index in [-0.39, 0.29) is 11.3 Å². The van der Waals surface area contributed by atoms with Gasteiger partial charge in [0.1, 0.15) is 23.7 Å². The Labute approximate surface area is 200 Å². The molecule has 0 bridgehead atoms. The van der Waals surface area contributed by atoms with E-state index in [4.69, 9.17) is 4.74 Å². The molecule has 178 valence electrons. The lowest BCUT2D eigenvalue weighted by molar-refractivity contribution is 0.0962. The third-order valence-corrected chi connectivity index (χ3v) is 6.13. The first kappa shape index (κ1) is 23.5. The smallest absolute Gasteiger partial charge is 0.251 e. The van der Waals surface area contributed by atoms with Gasteiger partial charge in [0.15, 0.2) is 0 Å². The average Bonchev–Trinajstić information content (AvgIpc) is 3.70. The van der Waals surface area contributed by atoms with Gasteiger partial charge in [-0.3, -0.25) is 4.79 Å². The van der Waals surface area contributed by atoms with Crippen LogP contribution in [0.3, 0.4) is 0 Å². The molecular formula is C26H32N6O2. The normalized spacial score (nSPS) is 13.3. The quantitative estimate of drug-likeness (QED) is 0.418. The van der Waals surface area contributed by atoms with Crippen LogP contribution in [0.25, 0.3) is 11.3 Å². The Balaban J connectivity index is 1.44. The second kappa shape index (κ2) is 10.1. The number of pyridine rings is 1. The number of carbonyl (C=O) groups excluding carboxylic acids is 1. The lowest BCUT2D eigenvalue weighted by Crippen LogP contribution is -2.29. The van der Waals surface area contributed by atoms with E-state index in [1.807, 2.05) is 36.5 Å². The van der Waals surface area contributed by atoms with Gasteiger partial charge in [-0.05, 0) is 43.0 Å². The highest BCUT2D eigenvalue weighted by molar-refractivity contribution is 5.94. The highest BCUT2D eigenvalue weighted by Crippen LogP contribution is 2.33. The molecule has 1 saturated carbocycles. The summed E-state index contributed by atoms with van der Waals surface area (Å²) in [5.74, 6) is 2.96. The van der Waals surface area contributed by atoms with E-state index in [0.29, 0.717) is 17.9 Å². The predicted molar refractivity (Wildman–Crippen MR) is 134 cm³/mol. The Morgan fingerprint density at radius 3 is 2.56 bits per heavy atom. The molecule has 2 aromatic heterocycles. The summed E-state index contributed by atoms with van der Waals surface area (Å²) in [5, 5.41) is 9.45. The summed E-state index contributed by atoms with van der Waals surface area (Å²) < 4.78 is 5.59. The number of ether oxygens (including phenoxy) is 1. The van der Waals surface area contributed by atoms with Crippen LogP contribution in [0.2, 0.25) is 0 Å². The monoisotopic (exact) mass is 460 g/mol. The second-order valence-electron chi connectivity index (χ2n) is 9.28. The van der Waals surface area contributed by atoms with E-state index >= 15 is 0 Å². The summed E-state index contributed by atoms with van der Waals surface area (Å²) in [4.78, 5) is 25.3. The van der Waals surface area contributed by atoms with Crippen LogP contribution in [0.5, 0.6) is 5.75 Å². The number of amides is 1. The van der Waals surface area contributed by atoms with E-state index in [1.54, 1.807) is 26.6 Å². The van der Waals surface area contributed by atoms with Gasteiger partial charge in [-0.25, -0.2) is 15.0 Å². The van der Waals surface area contributed by atoms with Crippen LogP contribution in [0.4, 0.5) is 11.6 Å². The molecule has 8 heteroatoms. The SMILES string of the molecule is CNC(=O)c1ccc(C(C)(C)CNc2cc(-c3ccc(NCC4CC4)nc3)ncn2)c(OC)c1. The van der Waals surface area contributed by atoms with Crippen molar-refractivity contribution in [2.24, 2.45) is 5.92 Å². The van der Waals surface area contributed by atoms with Crippen molar-refractivity contribution in [1.82, 2.24) is 20.3 Å². The lowest BCUT2D eigenvalue weighted by atomic mass is 9.83. The largest absolute Gasteiger partial charge is 0.496 e. The van der Waals surface area contributed by atoms with E-state index in [1.165, 1.54) is 12.8 Å². The molecule has 1 fully saturated rings. The summed E-state index contributed by atoms with van der Waals surface area (Å²) in [7, 11) is 3.23. The zero-order valence-electron chi connectivity index (χ0n) is 20.2. The van der Waals surface area contributed by atoms with Crippen molar-refractivity contribution in [3.63, 3.8) is 0 Å². The van der Waals surface area contributed by atoms with Gasteiger partial charge in [-0.15, -0.1) is 0 Å². The summed E-state index contributed by atoms with van der Waals surface area (Å²) >= 11 is 0. The van der Waals surface area contributed by atoms with Crippen molar-refractivity contribution in [2.75, 3.05) is 37.9 Å². The number of nitrogens with one attached hydrogen (secondary N) is 3. The van der Waals surface area contributed by atoms with Crippen molar-refractivity contribution in [3.05, 3.63) is 60.0 Å². The molecule has 0 saturated heterocycles. The van der Waals surface area contributed by atoms with E-state index in [9.17, 15) is 4.79 Å². The Morgan fingerprint density at radius 1 is 1.06 bits per heavy atom. The lowest BCUT2D eigenvalue weighted by Gasteiger charge is -2.28. The van der Waals surface area contributed by atoms with Crippen LogP contribution < -0.4 is 20.7 Å². The molecule has 0 atom stereocenters. The van der Waals surface area contributed by atoms with Crippen LogP contribution in [-0.4, -0.2) is 48.1 Å². The van der Waals surface area contributed by atoms with Gasteiger partial charge in [-0.1, -0.05) is 19.9 Å². The topological polar surface area (TPSA) is 101 Å². The molecule has 8 nitrogen and oxygen atoms in total. The molecule has 0 radical (unpaired) electrons. The molecule has 1 aliphatic rings. The molecule has 3 N–H and O–H groups in total. The van der Waals surface area contributed by atoms with Crippen LogP contribution >= 0.6 is 0 Å². The maximum atomic E-state index is 12.0. The number of methoxy groups -OCH3 is 1. The van der Waals surface area contributed by atoms with E-state index < -0.39 is 0 Å². The van der Waals surface area contributed by atoms with Gasteiger partial charge < -0.3 is 20.7 Å². The first-order valence-electron chi connectivity index (χ1n) is 11.6. The molecule has 0 aliphatic heterocycles. The van der Waals surface area contributed by atoms with Crippen LogP contribution in [-0.2, 0) is 5.41 Å². The highest BCUT2D eigenvalue weighted by Gasteiger charge is 2.25. The second-order valence-corrected chi connectivity index (χ2v) is 9.28. The standard InChI is InChI=1S/C26H32N6O2/c1-26(2,20-9-7-18(25(33)27-3)11-22(20)34-4)15-30-24-12-21(31-16-32-24)19-8-10-23(29-14-19)28-13-17-5-6-17/h7-12,14,16-17H,5-6,13,15H2,1-4H3,(H,27,33)(H,28,29)(H,30,31,32). The molecule has 0 spiro atoms. The van der Waals surface area contributed by atoms with Crippen molar-refractivity contribution in [3.8, 4) is 17.0 Å². The van der Waals surface area contributed by atoms with Crippen molar-refractivity contribution in [2.45, 2.75) is 32.1 Å². The zero-order valence-corrected chi connectivity index (χ0v) is 20.2. The Bertz CT molecular complexity index is 1140. The number of nitrogens with zero attached hydrogens (tertiary/aromatic N) is 3. The minimum atomic E-state index is -0.284. The first-order valence-corrected chi connectivity index (χ1v) is 11.6. The van der Waals surface area contributed by atoms with Gasteiger partial charge in [0.05, 0.1) is 12.8 Å². The number of hydrogen-bond donors (Lipinski definition) is 3. The summed E-state index contributed by atoms with van der Waals surface area (Å²) in [6.45, 7) is 5.85. The molecule has 1 aromatic carbocycles. The fourth-order valence-corrected chi connectivity index (χ4v) is 3.78. The van der Waals surface area contributed by atoms with Gasteiger partial charge in [0, 0.05) is 54.5 Å². The van der Waals surface area contributed by atoms with Crippen molar-refractivity contribution >= 4 is 17.5 Å². The van der Waals surface area contributed by atoms with E-state index in [2.05, 4.69) is 44.7 Å². The molecule has 34 heavy (non-hydrogen) atoms. The maximum Gasteiger partial charge on any atom is 0.251 e. The van der Waals surface area contributed by atoms with Crippen molar-refractivity contribution < 1.29 is 9.53 Å². The maximum absolute atomic E-state index is 12.0. The zero-order chi connectivity index (χ0) is 24.1. The average molecular weight is 461 g/mol. The van der Waals surface area contributed by atoms with Crippen LogP contribution in [0, 0.1) is 5.92 Å². The van der Waals surface area contributed by atoms with Gasteiger partial charge in [0.25, 0.3) is 5.91 Å². The summed E-state index contributed by atoms with van der Waals surface area (Å²) in [5.41, 5.74) is 3.03. The number of rotatable bonds is 10. The van der Waals surface area contributed by atoms with E-state index in [0.717, 1.165) is 40.9 Å². The minimum Gasteiger partial charge on any atom is -0.496 e. The fourth-order valence-electron chi connectivity index (χ4n) is 3.78. The minimum absolute atomic E-state index is 0.143. The molecule has 1 aliphatic carbocycles. The number of hydrogen-bond acceptors (Lipinski definition) is 7. The van der Waals surface area contributed by atoms with Crippen LogP contribution in [0.1, 0.15) is 42.6 Å². The molecule has 4 rings (SSSR count). The van der Waals surface area contributed by atoms with Crippen molar-refractivity contribution in [1.29, 1.82) is 0 Å². The number of anilines is 2. The number of benzene rings is 1. The Morgan fingerprint density at radius 2 is 1.88 bits per heavy atom. The first-order chi connectivity index (χ1) is 16.4. The molecular weight excluding hydrogens is 428 g/mol. The number of carbonyl (C=O) groups is 1. The third kappa shape index (κ3) is 5.62. The van der Waals surface area contributed by atoms with Gasteiger partial charge >= 0.3 is 0 Å².